The van der Waals surface area contributed by atoms with Crippen molar-refractivity contribution in [1.82, 2.24) is 9.62 Å². The minimum atomic E-state index is -3.78. The number of benzene rings is 2. The first kappa shape index (κ1) is 24.8. The Morgan fingerprint density at radius 3 is 2.26 bits per heavy atom. The van der Waals surface area contributed by atoms with Gasteiger partial charge in [-0.1, -0.05) is 23.2 Å². The zero-order valence-corrected chi connectivity index (χ0v) is 21.6. The second kappa shape index (κ2) is 9.54. The summed E-state index contributed by atoms with van der Waals surface area (Å²) >= 11 is 12.2. The number of nitrogens with zero attached hydrogens (tertiary/aromatic N) is 1. The number of nitrogens with one attached hydrogen (secondary N) is 1. The van der Waals surface area contributed by atoms with Crippen molar-refractivity contribution >= 4 is 39.1 Å². The molecule has 1 saturated carbocycles. The highest BCUT2D eigenvalue weighted by atomic mass is 35.5. The van der Waals surface area contributed by atoms with Crippen LogP contribution in [0.3, 0.4) is 0 Å². The molecule has 2 aliphatic heterocycles. The van der Waals surface area contributed by atoms with Crippen molar-refractivity contribution in [2.24, 2.45) is 0 Å². The van der Waals surface area contributed by atoms with Crippen LogP contribution in [0.15, 0.2) is 30.3 Å². The molecule has 1 N–H and O–H groups in total. The number of piperidine rings is 1. The molecule has 2 heterocycles. The number of amides is 1. The van der Waals surface area contributed by atoms with Gasteiger partial charge in [-0.15, -0.1) is 0 Å². The lowest BCUT2D eigenvalue weighted by atomic mass is 9.95. The first-order valence-corrected chi connectivity index (χ1v) is 14.4. The lowest BCUT2D eigenvalue weighted by Gasteiger charge is -2.39. The molecular formula is C25H27Cl2FN2O4S. The summed E-state index contributed by atoms with van der Waals surface area (Å²) in [5, 5.41) is 1.08. The summed E-state index contributed by atoms with van der Waals surface area (Å²) in [5.74, 6) is -0.686. The van der Waals surface area contributed by atoms with Crippen molar-refractivity contribution in [3.8, 4) is 5.75 Å². The Labute approximate surface area is 214 Å². The third kappa shape index (κ3) is 5.77. The molecule has 6 nitrogen and oxygen atoms in total. The Morgan fingerprint density at radius 2 is 1.69 bits per heavy atom. The molecule has 1 amide bonds. The summed E-state index contributed by atoms with van der Waals surface area (Å²) < 4.78 is 46.0. The summed E-state index contributed by atoms with van der Waals surface area (Å²) in [6.07, 6.45) is 6.72. The predicted molar refractivity (Wildman–Crippen MR) is 133 cm³/mol. The summed E-state index contributed by atoms with van der Waals surface area (Å²) in [7, 11) is -3.78. The van der Waals surface area contributed by atoms with Gasteiger partial charge in [0.05, 0.1) is 11.8 Å². The number of carbonyl (C=O) groups is 1. The van der Waals surface area contributed by atoms with Gasteiger partial charge in [-0.3, -0.25) is 9.69 Å². The highest BCUT2D eigenvalue weighted by Crippen LogP contribution is 2.44. The fourth-order valence-corrected chi connectivity index (χ4v) is 6.46. The smallest absolute Gasteiger partial charge is 0.267 e. The minimum absolute atomic E-state index is 0.0555. The van der Waals surface area contributed by atoms with Crippen molar-refractivity contribution in [2.75, 3.05) is 6.26 Å². The molecule has 0 radical (unpaired) electrons. The van der Waals surface area contributed by atoms with E-state index in [-0.39, 0.29) is 17.6 Å². The van der Waals surface area contributed by atoms with Crippen LogP contribution >= 0.6 is 23.2 Å². The summed E-state index contributed by atoms with van der Waals surface area (Å²) in [6.45, 7) is 0.599. The first-order valence-electron chi connectivity index (χ1n) is 11.8. The van der Waals surface area contributed by atoms with Crippen LogP contribution in [-0.2, 0) is 16.6 Å². The molecule has 5 rings (SSSR count). The van der Waals surface area contributed by atoms with E-state index in [0.717, 1.165) is 55.9 Å². The Hall–Kier alpha value is -1.87. The van der Waals surface area contributed by atoms with Crippen LogP contribution in [-0.4, -0.2) is 43.7 Å². The van der Waals surface area contributed by atoms with Gasteiger partial charge in [0.2, 0.25) is 10.0 Å². The van der Waals surface area contributed by atoms with E-state index in [1.807, 2.05) is 4.72 Å². The molecule has 35 heavy (non-hydrogen) atoms. The Balaban J connectivity index is 1.32. The Kier molecular flexibility index (Phi) is 6.76. The normalized spacial score (nSPS) is 24.4. The van der Waals surface area contributed by atoms with Crippen LogP contribution in [0.5, 0.6) is 5.75 Å². The van der Waals surface area contributed by atoms with E-state index in [9.17, 15) is 17.6 Å². The van der Waals surface area contributed by atoms with E-state index in [1.165, 1.54) is 6.07 Å². The van der Waals surface area contributed by atoms with Crippen LogP contribution in [0, 0.1) is 5.82 Å². The zero-order chi connectivity index (χ0) is 24.9. The minimum Gasteiger partial charge on any atom is -0.490 e. The number of fused-ring (bicyclic) bond motifs is 2. The molecule has 3 fully saturated rings. The second-order valence-electron chi connectivity index (χ2n) is 9.88. The van der Waals surface area contributed by atoms with E-state index in [0.29, 0.717) is 34.4 Å². The summed E-state index contributed by atoms with van der Waals surface area (Å²) in [5.41, 5.74) is 1.59. The lowest BCUT2D eigenvalue weighted by Crippen LogP contribution is -2.45. The Morgan fingerprint density at radius 1 is 1.06 bits per heavy atom. The van der Waals surface area contributed by atoms with Crippen LogP contribution in [0.2, 0.25) is 10.0 Å². The Bertz CT molecular complexity index is 1230. The van der Waals surface area contributed by atoms with Gasteiger partial charge < -0.3 is 4.74 Å². The van der Waals surface area contributed by atoms with Crippen LogP contribution in [0.4, 0.5) is 4.39 Å². The number of sulfonamides is 1. The van der Waals surface area contributed by atoms with Gasteiger partial charge in [0.25, 0.3) is 5.91 Å². The topological polar surface area (TPSA) is 75.7 Å². The first-order chi connectivity index (χ1) is 16.6. The van der Waals surface area contributed by atoms with E-state index in [2.05, 4.69) is 4.90 Å². The number of rotatable bonds is 7. The molecule has 2 bridgehead atoms. The number of hydrogen-bond donors (Lipinski definition) is 1. The predicted octanol–water partition coefficient (Wildman–Crippen LogP) is 5.27. The highest BCUT2D eigenvalue weighted by molar-refractivity contribution is 7.89. The molecule has 0 spiro atoms. The monoisotopic (exact) mass is 540 g/mol. The molecule has 3 aliphatic rings. The fraction of sp³-hybridized carbons (Fsp3) is 0.480. The van der Waals surface area contributed by atoms with Gasteiger partial charge in [-0.2, -0.15) is 0 Å². The van der Waals surface area contributed by atoms with E-state index < -0.39 is 21.7 Å². The van der Waals surface area contributed by atoms with E-state index in [1.54, 1.807) is 24.3 Å². The van der Waals surface area contributed by atoms with E-state index in [4.69, 9.17) is 27.9 Å². The molecule has 10 heteroatoms. The van der Waals surface area contributed by atoms with Crippen LogP contribution in [0.1, 0.15) is 65.9 Å². The quantitative estimate of drug-likeness (QED) is 0.517. The number of hydrogen-bond acceptors (Lipinski definition) is 5. The van der Waals surface area contributed by atoms with Gasteiger partial charge >= 0.3 is 0 Å². The standard InChI is InChI=1S/C25H27Cl2FN2O4S/c1-35(32,33)29-25(31)23-12-22(14-2-3-14)15(6-24(23)28)13-30-18-4-5-19(30)11-21(10-18)34-20-8-16(26)7-17(27)9-20/h6-9,12,14,18-19,21H,2-5,10-11,13H2,1H3,(H,29,31)/t18-,19+,21?. The maximum Gasteiger partial charge on any atom is 0.267 e. The maximum atomic E-state index is 15.0. The van der Waals surface area contributed by atoms with Crippen molar-refractivity contribution in [3.63, 3.8) is 0 Å². The molecule has 1 unspecified atom stereocenters. The van der Waals surface area contributed by atoms with Crippen LogP contribution < -0.4 is 9.46 Å². The SMILES string of the molecule is CS(=O)(=O)NC(=O)c1cc(C2CC2)c(CN2[C@@H]3CC[C@H]2CC(Oc2cc(Cl)cc(Cl)c2)C3)cc1F. The molecule has 2 aromatic rings. The third-order valence-electron chi connectivity index (χ3n) is 7.10. The van der Waals surface area contributed by atoms with Crippen molar-refractivity contribution < 1.29 is 22.3 Å². The van der Waals surface area contributed by atoms with Crippen molar-refractivity contribution in [2.45, 2.75) is 69.2 Å². The largest absolute Gasteiger partial charge is 0.490 e. The van der Waals surface area contributed by atoms with E-state index >= 15 is 0 Å². The average Bonchev–Trinajstić information content (AvgIpc) is 3.53. The number of ether oxygens (including phenoxy) is 1. The maximum absolute atomic E-state index is 15.0. The lowest BCUT2D eigenvalue weighted by molar-refractivity contribution is 0.0443. The van der Waals surface area contributed by atoms with Gasteiger partial charge in [0, 0.05) is 28.7 Å². The fourth-order valence-electron chi connectivity index (χ4n) is 5.50. The summed E-state index contributed by atoms with van der Waals surface area (Å²) in [4.78, 5) is 14.8. The van der Waals surface area contributed by atoms with Gasteiger partial charge in [0.15, 0.2) is 0 Å². The average molecular weight is 541 g/mol. The van der Waals surface area contributed by atoms with Gasteiger partial charge in [-0.25, -0.2) is 17.5 Å². The molecular weight excluding hydrogens is 514 g/mol. The third-order valence-corrected chi connectivity index (χ3v) is 8.09. The molecule has 1 aliphatic carbocycles. The molecule has 3 atom stereocenters. The molecule has 2 saturated heterocycles. The molecule has 2 aromatic carbocycles. The zero-order valence-electron chi connectivity index (χ0n) is 19.3. The van der Waals surface area contributed by atoms with Crippen molar-refractivity contribution in [3.05, 3.63) is 62.9 Å². The van der Waals surface area contributed by atoms with Crippen molar-refractivity contribution in [1.29, 1.82) is 0 Å². The highest BCUT2D eigenvalue weighted by Gasteiger charge is 2.42. The second-order valence-corrected chi connectivity index (χ2v) is 12.5. The molecule has 188 valence electrons. The van der Waals surface area contributed by atoms with Gasteiger partial charge in [0.1, 0.15) is 17.7 Å². The van der Waals surface area contributed by atoms with Gasteiger partial charge in [-0.05, 0) is 85.9 Å². The molecule has 0 aromatic heterocycles. The number of carbonyl (C=O) groups excluding carboxylic acids is 1. The number of halogens is 3. The van der Waals surface area contributed by atoms with Crippen LogP contribution in [0.25, 0.3) is 0 Å². The summed E-state index contributed by atoms with van der Waals surface area (Å²) in [6, 6.07) is 8.81.